The van der Waals surface area contributed by atoms with Crippen molar-refractivity contribution in [2.45, 2.75) is 35.4 Å². The lowest BCUT2D eigenvalue weighted by Gasteiger charge is -2.25. The molecule has 3 heterocycles. The van der Waals surface area contributed by atoms with Gasteiger partial charge < -0.3 is 10.2 Å². The lowest BCUT2D eigenvalue weighted by Crippen LogP contribution is -2.41. The van der Waals surface area contributed by atoms with Crippen LogP contribution in [-0.4, -0.2) is 65.8 Å². The SMILES string of the molecule is CC(Sc1nnc(NCCc2cccs2)s1)C(=O)N(C)C1CCS(=O)(=O)C1. The highest BCUT2D eigenvalue weighted by atomic mass is 32.2. The van der Waals surface area contributed by atoms with E-state index >= 15 is 0 Å². The lowest BCUT2D eigenvalue weighted by atomic mass is 10.2. The van der Waals surface area contributed by atoms with E-state index in [2.05, 4.69) is 27.0 Å². The fourth-order valence-electron chi connectivity index (χ4n) is 2.83. The topological polar surface area (TPSA) is 92.3 Å². The number of carbonyl (C=O) groups excluding carboxylic acids is 1. The van der Waals surface area contributed by atoms with Crippen LogP contribution >= 0.6 is 34.4 Å². The van der Waals surface area contributed by atoms with Gasteiger partial charge in [0, 0.05) is 24.5 Å². The summed E-state index contributed by atoms with van der Waals surface area (Å²) in [6.45, 7) is 2.60. The van der Waals surface area contributed by atoms with Gasteiger partial charge in [0.15, 0.2) is 14.2 Å². The summed E-state index contributed by atoms with van der Waals surface area (Å²) in [6, 6.07) is 3.91. The number of hydrogen-bond acceptors (Lipinski definition) is 9. The molecule has 1 aliphatic rings. The molecular weight excluding hydrogens is 424 g/mol. The van der Waals surface area contributed by atoms with Crippen LogP contribution in [0.3, 0.4) is 0 Å². The van der Waals surface area contributed by atoms with E-state index in [4.69, 9.17) is 0 Å². The van der Waals surface area contributed by atoms with Crippen LogP contribution in [0, 0.1) is 0 Å². The molecule has 2 unspecified atom stereocenters. The van der Waals surface area contributed by atoms with E-state index in [1.807, 2.05) is 13.0 Å². The zero-order valence-electron chi connectivity index (χ0n) is 15.1. The fraction of sp³-hybridized carbons (Fsp3) is 0.562. The zero-order chi connectivity index (χ0) is 19.4. The van der Waals surface area contributed by atoms with Crippen LogP contribution < -0.4 is 5.32 Å². The molecule has 3 rings (SSSR count). The molecule has 1 fully saturated rings. The van der Waals surface area contributed by atoms with Crippen molar-refractivity contribution in [3.05, 3.63) is 22.4 Å². The number of thioether (sulfide) groups is 1. The summed E-state index contributed by atoms with van der Waals surface area (Å²) in [7, 11) is -1.33. The van der Waals surface area contributed by atoms with Gasteiger partial charge in [0.2, 0.25) is 11.0 Å². The normalized spacial score (nSPS) is 19.7. The molecule has 0 radical (unpaired) electrons. The van der Waals surface area contributed by atoms with Crippen molar-refractivity contribution in [2.75, 3.05) is 30.4 Å². The Hall–Kier alpha value is -1.17. The fourth-order valence-corrected chi connectivity index (χ4v) is 7.33. The number of hydrogen-bond donors (Lipinski definition) is 1. The Labute approximate surface area is 171 Å². The monoisotopic (exact) mass is 446 g/mol. The molecular formula is C16H22N4O3S4. The number of rotatable bonds is 8. The van der Waals surface area contributed by atoms with Crippen molar-refractivity contribution in [2.24, 2.45) is 0 Å². The quantitative estimate of drug-likeness (QED) is 0.622. The van der Waals surface area contributed by atoms with Crippen LogP contribution in [0.4, 0.5) is 5.13 Å². The Balaban J connectivity index is 1.48. The van der Waals surface area contributed by atoms with Gasteiger partial charge >= 0.3 is 0 Å². The van der Waals surface area contributed by atoms with Gasteiger partial charge in [-0.1, -0.05) is 29.2 Å². The van der Waals surface area contributed by atoms with Gasteiger partial charge in [-0.15, -0.1) is 21.5 Å². The van der Waals surface area contributed by atoms with Crippen molar-refractivity contribution in [1.29, 1.82) is 0 Å². The van der Waals surface area contributed by atoms with Crippen molar-refractivity contribution in [3.8, 4) is 0 Å². The molecule has 0 spiro atoms. The summed E-state index contributed by atoms with van der Waals surface area (Å²) >= 11 is 4.51. The second-order valence-electron chi connectivity index (χ2n) is 6.40. The van der Waals surface area contributed by atoms with Gasteiger partial charge in [-0.05, 0) is 31.2 Å². The first-order chi connectivity index (χ1) is 12.8. The molecule has 0 bridgehead atoms. The molecule has 148 valence electrons. The van der Waals surface area contributed by atoms with Crippen molar-refractivity contribution < 1.29 is 13.2 Å². The smallest absolute Gasteiger partial charge is 0.235 e. The third kappa shape index (κ3) is 5.66. The number of sulfone groups is 1. The van der Waals surface area contributed by atoms with E-state index in [0.717, 1.165) is 22.4 Å². The Morgan fingerprint density at radius 1 is 1.48 bits per heavy atom. The number of aromatic nitrogens is 2. The molecule has 2 aromatic heterocycles. The van der Waals surface area contributed by atoms with Crippen molar-refractivity contribution in [1.82, 2.24) is 15.1 Å². The summed E-state index contributed by atoms with van der Waals surface area (Å²) in [5, 5.41) is 14.0. The van der Waals surface area contributed by atoms with Crippen LogP contribution in [0.5, 0.6) is 0 Å². The summed E-state index contributed by atoms with van der Waals surface area (Å²) < 4.78 is 24.0. The highest BCUT2D eigenvalue weighted by Crippen LogP contribution is 2.30. The second kappa shape index (κ2) is 8.89. The first kappa shape index (κ1) is 20.6. The molecule has 1 saturated heterocycles. The first-order valence-electron chi connectivity index (χ1n) is 8.57. The van der Waals surface area contributed by atoms with E-state index < -0.39 is 9.84 Å². The third-order valence-electron chi connectivity index (χ3n) is 4.36. The minimum absolute atomic E-state index is 0.0593. The summed E-state index contributed by atoms with van der Waals surface area (Å²) in [5.41, 5.74) is 0. The molecule has 1 N–H and O–H groups in total. The van der Waals surface area contributed by atoms with Gasteiger partial charge in [0.05, 0.1) is 16.8 Å². The Bertz CT molecular complexity index is 866. The van der Waals surface area contributed by atoms with Crippen LogP contribution in [0.2, 0.25) is 0 Å². The average molecular weight is 447 g/mol. The van der Waals surface area contributed by atoms with Crippen LogP contribution in [0.15, 0.2) is 21.9 Å². The molecule has 0 aliphatic carbocycles. The Kier molecular flexibility index (Phi) is 6.77. The second-order valence-corrected chi connectivity index (χ2v) is 12.2. The average Bonchev–Trinajstić information content (AvgIpc) is 3.35. The molecule has 2 atom stereocenters. The minimum atomic E-state index is -3.01. The maximum absolute atomic E-state index is 12.6. The minimum Gasteiger partial charge on any atom is -0.360 e. The number of amides is 1. The summed E-state index contributed by atoms with van der Waals surface area (Å²) in [4.78, 5) is 15.5. The predicted molar refractivity (Wildman–Crippen MR) is 112 cm³/mol. The van der Waals surface area contributed by atoms with Crippen LogP contribution in [0.25, 0.3) is 0 Å². The van der Waals surface area contributed by atoms with E-state index in [9.17, 15) is 13.2 Å². The maximum Gasteiger partial charge on any atom is 0.235 e. The zero-order valence-corrected chi connectivity index (χ0v) is 18.4. The number of nitrogens with one attached hydrogen (secondary N) is 1. The van der Waals surface area contributed by atoms with Crippen LogP contribution in [-0.2, 0) is 21.1 Å². The number of nitrogens with zero attached hydrogens (tertiary/aromatic N) is 3. The molecule has 27 heavy (non-hydrogen) atoms. The van der Waals surface area contributed by atoms with Crippen LogP contribution in [0.1, 0.15) is 18.2 Å². The third-order valence-corrected chi connectivity index (χ3v) is 9.10. The predicted octanol–water partition coefficient (Wildman–Crippen LogP) is 2.38. The van der Waals surface area contributed by atoms with Gasteiger partial charge in [0.25, 0.3) is 0 Å². The highest BCUT2D eigenvalue weighted by Gasteiger charge is 2.34. The van der Waals surface area contributed by atoms with E-state index in [1.54, 1.807) is 23.3 Å². The summed E-state index contributed by atoms with van der Waals surface area (Å²) in [5.74, 6) is 0.141. The maximum atomic E-state index is 12.6. The largest absolute Gasteiger partial charge is 0.360 e. The lowest BCUT2D eigenvalue weighted by molar-refractivity contribution is -0.130. The molecule has 11 heteroatoms. The van der Waals surface area contributed by atoms with E-state index in [-0.39, 0.29) is 28.7 Å². The van der Waals surface area contributed by atoms with Gasteiger partial charge in [0.1, 0.15) is 0 Å². The number of thiophene rings is 1. The Morgan fingerprint density at radius 3 is 2.96 bits per heavy atom. The number of anilines is 1. The highest BCUT2D eigenvalue weighted by molar-refractivity contribution is 8.02. The molecule has 0 saturated carbocycles. The standard InChI is InChI=1S/C16H22N4O3S4/c1-11(14(21)20(2)12-6-9-27(22,23)10-12)25-16-19-18-15(26-16)17-7-5-13-4-3-8-24-13/h3-4,8,11-12H,5-7,9-10H2,1-2H3,(H,17,18). The summed E-state index contributed by atoms with van der Waals surface area (Å²) in [6.07, 6.45) is 1.45. The van der Waals surface area contributed by atoms with Crippen molar-refractivity contribution in [3.63, 3.8) is 0 Å². The van der Waals surface area contributed by atoms with Gasteiger partial charge in [-0.3, -0.25) is 4.79 Å². The molecule has 0 aromatic carbocycles. The van der Waals surface area contributed by atoms with E-state index in [0.29, 0.717) is 6.42 Å². The molecule has 7 nitrogen and oxygen atoms in total. The van der Waals surface area contributed by atoms with Gasteiger partial charge in [-0.25, -0.2) is 8.42 Å². The van der Waals surface area contributed by atoms with Gasteiger partial charge in [-0.2, -0.15) is 0 Å². The Morgan fingerprint density at radius 2 is 2.30 bits per heavy atom. The molecule has 1 amide bonds. The molecule has 1 aliphatic heterocycles. The van der Waals surface area contributed by atoms with E-state index in [1.165, 1.54) is 28.0 Å². The molecule has 2 aromatic rings. The first-order valence-corrected chi connectivity index (χ1v) is 13.0. The number of carbonyl (C=O) groups is 1. The van der Waals surface area contributed by atoms with Crippen molar-refractivity contribution >= 4 is 55.3 Å².